The van der Waals surface area contributed by atoms with E-state index in [-0.39, 0.29) is 0 Å². The molecule has 1 aliphatic carbocycles. The fraction of sp³-hybridized carbons (Fsp3) is 0.625. The molecule has 1 aromatic carbocycles. The summed E-state index contributed by atoms with van der Waals surface area (Å²) < 4.78 is 0. The first-order valence-electron chi connectivity index (χ1n) is 7.09. The Morgan fingerprint density at radius 2 is 1.94 bits per heavy atom. The van der Waals surface area contributed by atoms with Gasteiger partial charge in [-0.2, -0.15) is 0 Å². The molecule has 0 heterocycles. The minimum Gasteiger partial charge on any atom is -0.316 e. The van der Waals surface area contributed by atoms with Crippen molar-refractivity contribution < 1.29 is 0 Å². The molecule has 0 amide bonds. The third kappa shape index (κ3) is 4.16. The van der Waals surface area contributed by atoms with Gasteiger partial charge in [0.1, 0.15) is 0 Å². The monoisotopic (exact) mass is 231 g/mol. The number of rotatable bonds is 8. The van der Waals surface area contributed by atoms with Crippen molar-refractivity contribution in [1.29, 1.82) is 0 Å². The predicted octanol–water partition coefficient (Wildman–Crippen LogP) is 3.79. The molecule has 1 heteroatoms. The van der Waals surface area contributed by atoms with Crippen molar-refractivity contribution in [2.75, 3.05) is 13.1 Å². The smallest absolute Gasteiger partial charge is 0.000781 e. The minimum atomic E-state index is 0.696. The second kappa shape index (κ2) is 6.20. The van der Waals surface area contributed by atoms with E-state index in [0.29, 0.717) is 5.41 Å². The van der Waals surface area contributed by atoms with Crippen LogP contribution in [0.4, 0.5) is 0 Å². The molecule has 0 bridgehead atoms. The van der Waals surface area contributed by atoms with Gasteiger partial charge in [0.25, 0.3) is 0 Å². The van der Waals surface area contributed by atoms with Gasteiger partial charge >= 0.3 is 0 Å². The molecule has 0 radical (unpaired) electrons. The number of nitrogens with one attached hydrogen (secondary N) is 1. The van der Waals surface area contributed by atoms with Crippen molar-refractivity contribution in [2.24, 2.45) is 5.41 Å². The van der Waals surface area contributed by atoms with Gasteiger partial charge in [-0.15, -0.1) is 0 Å². The van der Waals surface area contributed by atoms with E-state index in [2.05, 4.69) is 42.6 Å². The molecule has 0 spiro atoms. The first-order chi connectivity index (χ1) is 8.35. The van der Waals surface area contributed by atoms with E-state index in [4.69, 9.17) is 0 Å². The van der Waals surface area contributed by atoms with Gasteiger partial charge < -0.3 is 5.32 Å². The van der Waals surface area contributed by atoms with Crippen LogP contribution >= 0.6 is 0 Å². The van der Waals surface area contributed by atoms with Gasteiger partial charge in [-0.3, -0.25) is 0 Å². The molecule has 0 aliphatic heterocycles. The van der Waals surface area contributed by atoms with Crippen molar-refractivity contribution in [3.8, 4) is 0 Å². The summed E-state index contributed by atoms with van der Waals surface area (Å²) in [4.78, 5) is 0. The maximum atomic E-state index is 3.64. The Kier molecular flexibility index (Phi) is 4.61. The SMILES string of the molecule is CCCC1(CNCCCc2ccccc2)CC1. The van der Waals surface area contributed by atoms with Crippen LogP contribution < -0.4 is 5.32 Å². The van der Waals surface area contributed by atoms with Gasteiger partial charge in [0.15, 0.2) is 0 Å². The van der Waals surface area contributed by atoms with Crippen molar-refractivity contribution in [3.63, 3.8) is 0 Å². The zero-order chi connectivity index (χ0) is 12.0. The zero-order valence-corrected chi connectivity index (χ0v) is 11.0. The second-order valence-electron chi connectivity index (χ2n) is 5.52. The summed E-state index contributed by atoms with van der Waals surface area (Å²) in [7, 11) is 0. The minimum absolute atomic E-state index is 0.696. The summed E-state index contributed by atoms with van der Waals surface area (Å²) >= 11 is 0. The lowest BCUT2D eigenvalue weighted by Gasteiger charge is -2.14. The quantitative estimate of drug-likeness (QED) is 0.671. The highest BCUT2D eigenvalue weighted by molar-refractivity contribution is 5.14. The standard InChI is InChI=1S/C16H25N/c1-2-10-16(11-12-16)14-17-13-6-9-15-7-4-3-5-8-15/h3-5,7-8,17H,2,6,9-14H2,1H3. The molecule has 0 unspecified atom stereocenters. The summed E-state index contributed by atoms with van der Waals surface area (Å²) in [5.74, 6) is 0. The largest absolute Gasteiger partial charge is 0.316 e. The van der Waals surface area contributed by atoms with Crippen LogP contribution in [-0.2, 0) is 6.42 Å². The Labute approximate surface area is 106 Å². The van der Waals surface area contributed by atoms with E-state index < -0.39 is 0 Å². The second-order valence-corrected chi connectivity index (χ2v) is 5.52. The van der Waals surface area contributed by atoms with Crippen LogP contribution in [0.5, 0.6) is 0 Å². The van der Waals surface area contributed by atoms with Gasteiger partial charge in [-0.25, -0.2) is 0 Å². The fourth-order valence-electron chi connectivity index (χ4n) is 2.64. The van der Waals surface area contributed by atoms with Crippen LogP contribution in [0, 0.1) is 5.41 Å². The summed E-state index contributed by atoms with van der Waals surface area (Å²) in [5, 5.41) is 3.64. The predicted molar refractivity (Wildman–Crippen MR) is 74.2 cm³/mol. The Morgan fingerprint density at radius 3 is 2.59 bits per heavy atom. The topological polar surface area (TPSA) is 12.0 Å². The van der Waals surface area contributed by atoms with Crippen molar-refractivity contribution in [2.45, 2.75) is 45.4 Å². The van der Waals surface area contributed by atoms with Crippen molar-refractivity contribution in [3.05, 3.63) is 35.9 Å². The molecule has 0 saturated heterocycles. The van der Waals surface area contributed by atoms with E-state index >= 15 is 0 Å². The highest BCUT2D eigenvalue weighted by atomic mass is 14.9. The fourth-order valence-corrected chi connectivity index (χ4v) is 2.64. The average Bonchev–Trinajstić information content (AvgIpc) is 3.11. The van der Waals surface area contributed by atoms with E-state index in [9.17, 15) is 0 Å². The lowest BCUT2D eigenvalue weighted by atomic mass is 10.0. The van der Waals surface area contributed by atoms with E-state index in [0.717, 1.165) is 0 Å². The van der Waals surface area contributed by atoms with Crippen LogP contribution in [0.1, 0.15) is 44.6 Å². The van der Waals surface area contributed by atoms with Gasteiger partial charge in [-0.05, 0) is 49.6 Å². The van der Waals surface area contributed by atoms with Gasteiger partial charge in [0, 0.05) is 6.54 Å². The van der Waals surface area contributed by atoms with Crippen LogP contribution in [0.2, 0.25) is 0 Å². The van der Waals surface area contributed by atoms with Gasteiger partial charge in [0.2, 0.25) is 0 Å². The van der Waals surface area contributed by atoms with Crippen LogP contribution in [0.15, 0.2) is 30.3 Å². The van der Waals surface area contributed by atoms with Crippen molar-refractivity contribution >= 4 is 0 Å². The number of aryl methyl sites for hydroxylation is 1. The summed E-state index contributed by atoms with van der Waals surface area (Å²) in [5.41, 5.74) is 2.16. The molecule has 1 aromatic rings. The molecule has 1 nitrogen and oxygen atoms in total. The number of benzene rings is 1. The molecule has 1 saturated carbocycles. The van der Waals surface area contributed by atoms with Gasteiger partial charge in [-0.1, -0.05) is 43.7 Å². The molecule has 1 fully saturated rings. The lowest BCUT2D eigenvalue weighted by molar-refractivity contribution is 0.420. The molecule has 0 atom stereocenters. The molecule has 2 rings (SSSR count). The molecular weight excluding hydrogens is 206 g/mol. The maximum Gasteiger partial charge on any atom is 0.000781 e. The average molecular weight is 231 g/mol. The Bertz CT molecular complexity index is 314. The van der Waals surface area contributed by atoms with E-state index in [1.54, 1.807) is 0 Å². The lowest BCUT2D eigenvalue weighted by Crippen LogP contribution is -2.25. The summed E-state index contributed by atoms with van der Waals surface area (Å²) in [6, 6.07) is 10.8. The Morgan fingerprint density at radius 1 is 1.18 bits per heavy atom. The molecule has 1 N–H and O–H groups in total. The highest BCUT2D eigenvalue weighted by Gasteiger charge is 2.40. The van der Waals surface area contributed by atoms with Gasteiger partial charge in [0.05, 0.1) is 0 Å². The zero-order valence-electron chi connectivity index (χ0n) is 11.0. The molecule has 17 heavy (non-hydrogen) atoms. The first-order valence-corrected chi connectivity index (χ1v) is 7.09. The molecule has 94 valence electrons. The highest BCUT2D eigenvalue weighted by Crippen LogP contribution is 2.48. The van der Waals surface area contributed by atoms with Crippen LogP contribution in [0.3, 0.4) is 0 Å². The Hall–Kier alpha value is -0.820. The Balaban J connectivity index is 1.55. The van der Waals surface area contributed by atoms with E-state index in [1.165, 1.54) is 57.2 Å². The van der Waals surface area contributed by atoms with Crippen molar-refractivity contribution in [1.82, 2.24) is 5.32 Å². The maximum absolute atomic E-state index is 3.64. The van der Waals surface area contributed by atoms with Crippen LogP contribution in [-0.4, -0.2) is 13.1 Å². The van der Waals surface area contributed by atoms with E-state index in [1.807, 2.05) is 0 Å². The summed E-state index contributed by atoms with van der Waals surface area (Å²) in [6.07, 6.45) is 8.12. The summed E-state index contributed by atoms with van der Waals surface area (Å²) in [6.45, 7) is 4.71. The normalized spacial score (nSPS) is 17.0. The number of hydrogen-bond acceptors (Lipinski definition) is 1. The molecule has 1 aliphatic rings. The number of hydrogen-bond donors (Lipinski definition) is 1. The third-order valence-corrected chi connectivity index (χ3v) is 3.90. The first kappa shape index (κ1) is 12.6. The van der Waals surface area contributed by atoms with Crippen LogP contribution in [0.25, 0.3) is 0 Å². The molecule has 0 aromatic heterocycles. The third-order valence-electron chi connectivity index (χ3n) is 3.90. The molecular formula is C16H25N.